The van der Waals surface area contributed by atoms with Gasteiger partial charge in [0.25, 0.3) is 0 Å². The Bertz CT molecular complexity index is 109. The van der Waals surface area contributed by atoms with Gasteiger partial charge in [0.2, 0.25) is 0 Å². The van der Waals surface area contributed by atoms with Gasteiger partial charge in [0.1, 0.15) is 0 Å². The van der Waals surface area contributed by atoms with Crippen molar-refractivity contribution in [3.8, 4) is 0 Å². The molecular formula is C2H33Na2O17P. The molecule has 0 aromatic rings. The molecule has 0 aliphatic rings. The Morgan fingerprint density at radius 2 is 0.818 bits per heavy atom. The Labute approximate surface area is 169 Å². The van der Waals surface area contributed by atoms with Crippen LogP contribution < -0.4 is 0 Å². The first-order chi connectivity index (χ1) is 3.56. The van der Waals surface area contributed by atoms with Crippen molar-refractivity contribution in [2.45, 2.75) is 0 Å². The molecule has 0 fully saturated rings. The van der Waals surface area contributed by atoms with E-state index in [0.29, 0.717) is 0 Å². The van der Waals surface area contributed by atoms with Crippen molar-refractivity contribution in [1.29, 1.82) is 0 Å². The van der Waals surface area contributed by atoms with Crippen LogP contribution in [0.1, 0.15) is 0 Å². The van der Waals surface area contributed by atoms with Crippen LogP contribution in [0.15, 0.2) is 0 Å². The van der Waals surface area contributed by atoms with Gasteiger partial charge >= 0.3 is 66.9 Å². The summed E-state index contributed by atoms with van der Waals surface area (Å²) in [7, 11) is -4.34. The van der Waals surface area contributed by atoms with Crippen molar-refractivity contribution >= 4 is 66.9 Å². The van der Waals surface area contributed by atoms with Crippen LogP contribution in [0, 0.1) is 0 Å². The van der Waals surface area contributed by atoms with Crippen LogP contribution in [0.2, 0.25) is 0 Å². The second-order valence-corrected chi connectivity index (χ2v) is 2.29. The number of rotatable bonds is 3. The van der Waals surface area contributed by atoms with Gasteiger partial charge in [0, 0.05) is 0 Å². The summed E-state index contributed by atoms with van der Waals surface area (Å²) in [6.45, 7) is -0.713. The van der Waals surface area contributed by atoms with Gasteiger partial charge in [-0.15, -0.1) is 0 Å². The Morgan fingerprint density at radius 3 is 0.864 bits per heavy atom. The van der Waals surface area contributed by atoms with E-state index in [1.54, 1.807) is 0 Å². The minimum atomic E-state index is -4.34. The summed E-state index contributed by atoms with van der Waals surface area (Å²) in [5, 5.41) is 7.96. The molecule has 0 rings (SSSR count). The van der Waals surface area contributed by atoms with Crippen molar-refractivity contribution < 1.29 is 89.7 Å². The van der Waals surface area contributed by atoms with Crippen molar-refractivity contribution in [3.05, 3.63) is 0 Å². The summed E-state index contributed by atoms with van der Waals surface area (Å²) in [5.74, 6) is 0. The quantitative estimate of drug-likeness (QED) is 0.302. The van der Waals surface area contributed by atoms with Crippen LogP contribution in [0.25, 0.3) is 0 Å². The predicted octanol–water partition coefficient (Wildman–Crippen LogP) is -12.1. The van der Waals surface area contributed by atoms with Gasteiger partial charge in [-0.2, -0.15) is 0 Å². The van der Waals surface area contributed by atoms with E-state index in [2.05, 4.69) is 4.52 Å². The van der Waals surface area contributed by atoms with Crippen LogP contribution >= 0.6 is 7.82 Å². The van der Waals surface area contributed by atoms with Gasteiger partial charge in [-0.1, -0.05) is 0 Å². The van der Waals surface area contributed by atoms with E-state index in [1.165, 1.54) is 0 Å². The number of phosphoric ester groups is 1. The third-order valence-corrected chi connectivity index (χ3v) is 0.870. The van der Waals surface area contributed by atoms with E-state index >= 15 is 0 Å². The Kier molecular flexibility index (Phi) is 696. The zero-order valence-electron chi connectivity index (χ0n) is 10.0. The van der Waals surface area contributed by atoms with Crippen LogP contribution in [0.4, 0.5) is 0 Å². The summed E-state index contributed by atoms with van der Waals surface area (Å²) < 4.78 is 13.5. The second-order valence-electron chi connectivity index (χ2n) is 1.05. The van der Waals surface area contributed by atoms with E-state index in [0.717, 1.165) is 0 Å². The molecule has 0 aromatic heterocycles. The van der Waals surface area contributed by atoms with Gasteiger partial charge in [0.15, 0.2) is 0 Å². The Hall–Kier alpha value is 1.59. The molecule has 0 bridgehead atoms. The van der Waals surface area contributed by atoms with Gasteiger partial charge < -0.3 is 80.6 Å². The summed E-state index contributed by atoms with van der Waals surface area (Å²) in [5.41, 5.74) is 0. The molecule has 22 heavy (non-hydrogen) atoms. The molecule has 0 saturated carbocycles. The van der Waals surface area contributed by atoms with Crippen molar-refractivity contribution in [2.24, 2.45) is 0 Å². The van der Waals surface area contributed by atoms with E-state index in [9.17, 15) is 4.57 Å². The van der Waals surface area contributed by atoms with E-state index in [4.69, 9.17) is 14.9 Å². The van der Waals surface area contributed by atoms with E-state index in [1.807, 2.05) is 0 Å². The van der Waals surface area contributed by atoms with Gasteiger partial charge in [-0.05, 0) is 0 Å². The Morgan fingerprint density at radius 1 is 0.636 bits per heavy atom. The third kappa shape index (κ3) is 211. The molecule has 0 spiro atoms. The van der Waals surface area contributed by atoms with Crippen molar-refractivity contribution in [2.75, 3.05) is 13.2 Å². The van der Waals surface area contributed by atoms with Crippen molar-refractivity contribution in [1.82, 2.24) is 0 Å². The fourth-order valence-corrected chi connectivity index (χ4v) is 0.479. The van der Waals surface area contributed by atoms with Gasteiger partial charge in [0.05, 0.1) is 13.2 Å². The zero-order chi connectivity index (χ0) is 6.62. The topological polar surface area (TPSA) is 465 Å². The molecule has 0 aliphatic heterocycles. The molecule has 0 saturated heterocycles. The molecule has 0 heterocycles. The van der Waals surface area contributed by atoms with Crippen LogP contribution in [0.5, 0.6) is 0 Å². The van der Waals surface area contributed by atoms with Crippen LogP contribution in [-0.2, 0) is 9.09 Å². The molecule has 0 aliphatic carbocycles. The molecule has 0 aromatic carbocycles. The second kappa shape index (κ2) is 93.9. The average molecular weight is 406 g/mol. The first kappa shape index (κ1) is 163. The minimum absolute atomic E-state index is 0. The molecule has 17 nitrogen and oxygen atoms in total. The fourth-order valence-electron chi connectivity index (χ4n) is 0.160. The maximum atomic E-state index is 9.75. The number of hydrogen-bond donors (Lipinski definition) is 3. The molecular weight excluding hydrogens is 373 g/mol. The summed E-state index contributed by atoms with van der Waals surface area (Å²) in [6, 6.07) is 0. The molecule has 150 valence electrons. The maximum absolute atomic E-state index is 9.75. The van der Waals surface area contributed by atoms with Gasteiger partial charge in [-0.3, -0.25) is 4.52 Å². The van der Waals surface area contributed by atoms with Crippen molar-refractivity contribution in [3.63, 3.8) is 0 Å². The SMILES string of the molecule is O.O.O.O.O.O.O.O.O.O.O.O.O=P(O)(O)OCCO.[NaH].[NaH]. The number of aliphatic hydroxyl groups excluding tert-OH is 1. The first-order valence-corrected chi connectivity index (χ1v) is 3.40. The molecule has 0 unspecified atom stereocenters. The van der Waals surface area contributed by atoms with E-state index < -0.39 is 7.82 Å². The molecule has 27 N–H and O–H groups in total. The zero-order valence-corrected chi connectivity index (χ0v) is 10.9. The van der Waals surface area contributed by atoms with E-state index in [-0.39, 0.29) is 138 Å². The first-order valence-electron chi connectivity index (χ1n) is 1.87. The third-order valence-electron chi connectivity index (χ3n) is 0.351. The number of phosphoric acid groups is 1. The monoisotopic (exact) mass is 406 g/mol. The predicted molar refractivity (Wildman–Crippen MR) is 82.7 cm³/mol. The molecule has 20 heteroatoms. The average Bonchev–Trinajstić information content (AvgIpc) is 1.59. The summed E-state index contributed by atoms with van der Waals surface area (Å²) >= 11 is 0. The summed E-state index contributed by atoms with van der Waals surface area (Å²) in [6.07, 6.45) is 0. The standard InChI is InChI=1S/C2H7O5P.2Na.12H2O.2H/c3-1-2-7-8(4,5)6;;;;;;;;;;;;;;;;/h3H,1-2H2,(H2,4,5,6);;;12*1H2;;. The number of hydrogen-bond acceptors (Lipinski definition) is 3. The molecule has 0 atom stereocenters. The Balaban J connectivity index is -0.00000000269. The van der Waals surface area contributed by atoms with Crippen LogP contribution in [-0.4, -0.2) is 153 Å². The van der Waals surface area contributed by atoms with Crippen LogP contribution in [0.3, 0.4) is 0 Å². The molecule has 0 radical (unpaired) electrons. The van der Waals surface area contributed by atoms with Gasteiger partial charge in [-0.25, -0.2) is 4.57 Å². The fraction of sp³-hybridized carbons (Fsp3) is 1.00. The number of aliphatic hydroxyl groups is 1. The normalized spacial score (nSPS) is 4.32. The molecule has 0 amide bonds. The summed E-state index contributed by atoms with van der Waals surface area (Å²) in [4.78, 5) is 15.9.